The molecule has 2 aromatic heterocycles. The van der Waals surface area contributed by atoms with Gasteiger partial charge < -0.3 is 11.1 Å². The highest BCUT2D eigenvalue weighted by Crippen LogP contribution is 2.01. The van der Waals surface area contributed by atoms with E-state index in [0.717, 1.165) is 12.0 Å². The monoisotopic (exact) mass is 286 g/mol. The number of aromatic nitrogens is 2. The predicted molar refractivity (Wildman–Crippen MR) is 80.4 cm³/mol. The van der Waals surface area contributed by atoms with Crippen molar-refractivity contribution in [1.29, 1.82) is 0 Å². The first-order valence-electron chi connectivity index (χ1n) is 6.10. The summed E-state index contributed by atoms with van der Waals surface area (Å²) in [6, 6.07) is 7.13. The van der Waals surface area contributed by atoms with Gasteiger partial charge in [-0.3, -0.25) is 14.8 Å². The molecule has 20 heavy (non-hydrogen) atoms. The Morgan fingerprint density at radius 2 is 2.00 bits per heavy atom. The van der Waals surface area contributed by atoms with Crippen molar-refractivity contribution in [3.63, 3.8) is 0 Å². The Morgan fingerprint density at radius 3 is 2.60 bits per heavy atom. The number of nitrogens with two attached hydrogens (primary N) is 1. The molecule has 0 bridgehead atoms. The molecule has 0 fully saturated rings. The Kier molecular flexibility index (Phi) is 4.73. The van der Waals surface area contributed by atoms with Crippen molar-refractivity contribution in [3.8, 4) is 0 Å². The smallest absolute Gasteiger partial charge is 0.269 e. The molecule has 102 valence electrons. The van der Waals surface area contributed by atoms with E-state index in [1.165, 1.54) is 6.20 Å². The molecule has 5 nitrogen and oxygen atoms in total. The lowest BCUT2D eigenvalue weighted by molar-refractivity contribution is 0.0949. The summed E-state index contributed by atoms with van der Waals surface area (Å²) in [6.07, 6.45) is 5.71. The van der Waals surface area contributed by atoms with Gasteiger partial charge in [0.15, 0.2) is 0 Å². The molecule has 6 heteroatoms. The summed E-state index contributed by atoms with van der Waals surface area (Å²) in [5.74, 6) is -0.214. The highest BCUT2D eigenvalue weighted by atomic mass is 32.1. The van der Waals surface area contributed by atoms with Crippen LogP contribution in [0.25, 0.3) is 0 Å². The zero-order valence-corrected chi connectivity index (χ0v) is 11.6. The maximum atomic E-state index is 11.9. The lowest BCUT2D eigenvalue weighted by Crippen LogP contribution is -2.26. The van der Waals surface area contributed by atoms with Crippen molar-refractivity contribution in [2.45, 2.75) is 6.42 Å². The van der Waals surface area contributed by atoms with Crippen LogP contribution >= 0.6 is 12.2 Å². The maximum Gasteiger partial charge on any atom is 0.269 e. The highest BCUT2D eigenvalue weighted by Gasteiger charge is 2.07. The van der Waals surface area contributed by atoms with E-state index in [0.29, 0.717) is 17.8 Å². The van der Waals surface area contributed by atoms with E-state index < -0.39 is 0 Å². The van der Waals surface area contributed by atoms with Crippen molar-refractivity contribution in [3.05, 3.63) is 59.7 Å². The molecule has 1 amide bonds. The minimum atomic E-state index is -0.214. The lowest BCUT2D eigenvalue weighted by atomic mass is 10.2. The zero-order valence-electron chi connectivity index (χ0n) is 10.7. The van der Waals surface area contributed by atoms with E-state index in [2.05, 4.69) is 15.3 Å². The Hall–Kier alpha value is -2.34. The number of carbonyl (C=O) groups excluding carboxylic acids is 1. The molecule has 0 aliphatic carbocycles. The minimum Gasteiger partial charge on any atom is -0.389 e. The molecule has 2 rings (SSSR count). The Balaban J connectivity index is 1.87. The molecule has 3 N–H and O–H groups in total. The molecule has 0 saturated carbocycles. The van der Waals surface area contributed by atoms with Crippen LogP contribution in [0.4, 0.5) is 0 Å². The molecule has 0 aromatic carbocycles. The first kappa shape index (κ1) is 14.1. The van der Waals surface area contributed by atoms with Crippen molar-refractivity contribution in [2.24, 2.45) is 5.73 Å². The third-order valence-corrected chi connectivity index (χ3v) is 2.96. The van der Waals surface area contributed by atoms with E-state index in [1.54, 1.807) is 24.5 Å². The third kappa shape index (κ3) is 3.83. The molecule has 0 unspecified atom stereocenters. The summed E-state index contributed by atoms with van der Waals surface area (Å²) in [6.45, 7) is 0.543. The summed E-state index contributed by atoms with van der Waals surface area (Å²) >= 11 is 4.83. The van der Waals surface area contributed by atoms with Gasteiger partial charge in [0.05, 0.1) is 0 Å². The number of amides is 1. The van der Waals surface area contributed by atoms with Crippen molar-refractivity contribution in [2.75, 3.05) is 6.54 Å². The van der Waals surface area contributed by atoms with Gasteiger partial charge in [-0.15, -0.1) is 0 Å². The zero-order chi connectivity index (χ0) is 14.4. The average Bonchev–Trinajstić information content (AvgIpc) is 2.48. The van der Waals surface area contributed by atoms with Gasteiger partial charge in [-0.25, -0.2) is 0 Å². The second-order valence-electron chi connectivity index (χ2n) is 4.16. The second-order valence-corrected chi connectivity index (χ2v) is 4.60. The lowest BCUT2D eigenvalue weighted by Gasteiger charge is -2.05. The summed E-state index contributed by atoms with van der Waals surface area (Å²) in [5, 5.41) is 2.81. The largest absolute Gasteiger partial charge is 0.389 e. The van der Waals surface area contributed by atoms with Crippen LogP contribution in [-0.4, -0.2) is 27.4 Å². The van der Waals surface area contributed by atoms with Gasteiger partial charge in [-0.05, 0) is 36.2 Å². The quantitative estimate of drug-likeness (QED) is 0.804. The summed E-state index contributed by atoms with van der Waals surface area (Å²) in [5.41, 5.74) is 7.59. The van der Waals surface area contributed by atoms with Crippen molar-refractivity contribution in [1.82, 2.24) is 15.3 Å². The number of hydrogen-bond acceptors (Lipinski definition) is 4. The van der Waals surface area contributed by atoms with Gasteiger partial charge >= 0.3 is 0 Å². The highest BCUT2D eigenvalue weighted by molar-refractivity contribution is 7.80. The fourth-order valence-electron chi connectivity index (χ4n) is 1.63. The van der Waals surface area contributed by atoms with E-state index in [1.807, 2.05) is 12.1 Å². The minimum absolute atomic E-state index is 0.214. The Bertz CT molecular complexity index is 598. The molecule has 2 heterocycles. The number of hydrogen-bond donors (Lipinski definition) is 2. The molecule has 0 radical (unpaired) electrons. The third-order valence-electron chi connectivity index (χ3n) is 2.73. The van der Waals surface area contributed by atoms with Gasteiger partial charge in [-0.2, -0.15) is 0 Å². The normalized spacial score (nSPS) is 10.0. The van der Waals surface area contributed by atoms with E-state index in [4.69, 9.17) is 18.0 Å². The van der Waals surface area contributed by atoms with Gasteiger partial charge in [0.25, 0.3) is 5.91 Å². The van der Waals surface area contributed by atoms with Crippen LogP contribution in [-0.2, 0) is 6.42 Å². The van der Waals surface area contributed by atoms with Gasteiger partial charge in [0.2, 0.25) is 0 Å². The second kappa shape index (κ2) is 6.72. The van der Waals surface area contributed by atoms with Crippen molar-refractivity contribution >= 4 is 23.1 Å². The van der Waals surface area contributed by atoms with Crippen LogP contribution in [0.5, 0.6) is 0 Å². The molecule has 0 saturated heterocycles. The Labute approximate surface area is 122 Å². The molecule has 0 spiro atoms. The maximum absolute atomic E-state index is 11.9. The topological polar surface area (TPSA) is 80.9 Å². The summed E-state index contributed by atoms with van der Waals surface area (Å²) < 4.78 is 0. The van der Waals surface area contributed by atoms with Gasteiger partial charge in [0, 0.05) is 30.7 Å². The van der Waals surface area contributed by atoms with Crippen LogP contribution in [0.15, 0.2) is 42.9 Å². The van der Waals surface area contributed by atoms with E-state index >= 15 is 0 Å². The number of nitrogens with one attached hydrogen (secondary N) is 1. The number of pyridine rings is 2. The summed E-state index contributed by atoms with van der Waals surface area (Å²) in [7, 11) is 0. The first-order valence-corrected chi connectivity index (χ1v) is 6.50. The molecule has 0 aliphatic heterocycles. The van der Waals surface area contributed by atoms with Crippen LogP contribution < -0.4 is 11.1 Å². The number of carbonyl (C=O) groups is 1. The average molecular weight is 286 g/mol. The molecule has 0 atom stereocenters. The van der Waals surface area contributed by atoms with Crippen LogP contribution in [0.1, 0.15) is 21.6 Å². The Morgan fingerprint density at radius 1 is 1.25 bits per heavy atom. The predicted octanol–water partition coefficient (Wildman–Crippen LogP) is 1.08. The van der Waals surface area contributed by atoms with Crippen LogP contribution in [0, 0.1) is 0 Å². The number of thiocarbonyl (C=S) groups is 1. The standard InChI is InChI=1S/C14H14N4OS/c15-13(20)11-1-2-12(18-9-11)14(19)17-8-5-10-3-6-16-7-4-10/h1-4,6-7,9H,5,8H2,(H2,15,20)(H,17,19). The molecule has 0 aliphatic rings. The van der Waals surface area contributed by atoms with Gasteiger partial charge in [0.1, 0.15) is 10.7 Å². The van der Waals surface area contributed by atoms with E-state index in [-0.39, 0.29) is 10.9 Å². The fourth-order valence-corrected chi connectivity index (χ4v) is 1.76. The SMILES string of the molecule is NC(=S)c1ccc(C(=O)NCCc2ccncc2)nc1. The molecular formula is C14H14N4OS. The number of nitrogens with zero attached hydrogens (tertiary/aromatic N) is 2. The summed E-state index contributed by atoms with van der Waals surface area (Å²) in [4.78, 5) is 20.1. The van der Waals surface area contributed by atoms with Crippen LogP contribution in [0.3, 0.4) is 0 Å². The van der Waals surface area contributed by atoms with Crippen LogP contribution in [0.2, 0.25) is 0 Å². The molecule has 2 aromatic rings. The molecular weight excluding hydrogens is 272 g/mol. The first-order chi connectivity index (χ1) is 9.66. The fraction of sp³-hybridized carbons (Fsp3) is 0.143. The van der Waals surface area contributed by atoms with E-state index in [9.17, 15) is 4.79 Å². The number of rotatable bonds is 5. The van der Waals surface area contributed by atoms with Crippen molar-refractivity contribution < 1.29 is 4.79 Å². The van der Waals surface area contributed by atoms with Gasteiger partial charge in [-0.1, -0.05) is 12.2 Å².